The summed E-state index contributed by atoms with van der Waals surface area (Å²) in [5.41, 5.74) is 5.48. The first-order valence-corrected chi connectivity index (χ1v) is 6.12. The third kappa shape index (κ3) is 2.35. The smallest absolute Gasteiger partial charge is 0.318 e. The van der Waals surface area contributed by atoms with E-state index in [2.05, 4.69) is 15.1 Å². The van der Waals surface area contributed by atoms with Gasteiger partial charge in [-0.2, -0.15) is 0 Å². The van der Waals surface area contributed by atoms with Gasteiger partial charge in [-0.3, -0.25) is 0 Å². The summed E-state index contributed by atoms with van der Waals surface area (Å²) in [7, 11) is 0. The molecule has 0 spiro atoms. The van der Waals surface area contributed by atoms with Crippen LogP contribution in [0.5, 0.6) is 0 Å². The van der Waals surface area contributed by atoms with Gasteiger partial charge in [0.05, 0.1) is 6.54 Å². The minimum Gasteiger partial charge on any atom is -0.407 e. The Morgan fingerprint density at radius 1 is 1.12 bits per heavy atom. The molecule has 16 heavy (non-hydrogen) atoms. The van der Waals surface area contributed by atoms with Crippen LogP contribution in [0.3, 0.4) is 0 Å². The van der Waals surface area contributed by atoms with Crippen LogP contribution in [0.2, 0.25) is 0 Å². The number of rotatable bonds is 6. The number of nitrogens with zero attached hydrogens (tertiary/aromatic N) is 3. The first-order valence-electron chi connectivity index (χ1n) is 6.12. The van der Waals surface area contributed by atoms with Crippen molar-refractivity contribution in [3.63, 3.8) is 0 Å². The molecule has 88 valence electrons. The molecule has 2 aliphatic carbocycles. The van der Waals surface area contributed by atoms with Crippen molar-refractivity contribution in [2.24, 2.45) is 17.6 Å². The molecule has 0 aliphatic heterocycles. The number of anilines is 1. The SMILES string of the molecule is NCc1nnc(N(CC2CC2)CC2CC2)o1. The summed E-state index contributed by atoms with van der Waals surface area (Å²) < 4.78 is 5.53. The normalized spacial score (nSPS) is 20.1. The van der Waals surface area contributed by atoms with Crippen LogP contribution >= 0.6 is 0 Å². The molecular formula is C11H18N4O. The Labute approximate surface area is 95.0 Å². The number of hydrogen-bond donors (Lipinski definition) is 1. The van der Waals surface area contributed by atoms with Crippen molar-refractivity contribution >= 4 is 6.01 Å². The van der Waals surface area contributed by atoms with Crippen LogP contribution < -0.4 is 10.6 Å². The van der Waals surface area contributed by atoms with Crippen molar-refractivity contribution in [1.29, 1.82) is 0 Å². The first-order chi connectivity index (χ1) is 7.85. The highest BCUT2D eigenvalue weighted by molar-refractivity contribution is 5.25. The Morgan fingerprint density at radius 2 is 1.75 bits per heavy atom. The minimum absolute atomic E-state index is 0.327. The van der Waals surface area contributed by atoms with Gasteiger partial charge in [0.15, 0.2) is 0 Å². The van der Waals surface area contributed by atoms with E-state index in [1.54, 1.807) is 0 Å². The summed E-state index contributed by atoms with van der Waals surface area (Å²) in [4.78, 5) is 2.25. The lowest BCUT2D eigenvalue weighted by atomic mass is 10.3. The molecule has 1 aromatic heterocycles. The van der Waals surface area contributed by atoms with E-state index in [9.17, 15) is 0 Å². The monoisotopic (exact) mass is 222 g/mol. The molecule has 0 radical (unpaired) electrons. The summed E-state index contributed by atoms with van der Waals surface area (Å²) in [5, 5.41) is 8.01. The molecule has 2 saturated carbocycles. The Hall–Kier alpha value is -1.10. The van der Waals surface area contributed by atoms with Gasteiger partial charge in [0.25, 0.3) is 0 Å². The van der Waals surface area contributed by atoms with Gasteiger partial charge in [0.1, 0.15) is 0 Å². The van der Waals surface area contributed by atoms with Crippen LogP contribution in [0.1, 0.15) is 31.6 Å². The molecule has 0 amide bonds. The van der Waals surface area contributed by atoms with E-state index in [-0.39, 0.29) is 0 Å². The van der Waals surface area contributed by atoms with Crippen molar-refractivity contribution in [2.45, 2.75) is 32.2 Å². The number of aromatic nitrogens is 2. The zero-order valence-electron chi connectivity index (χ0n) is 9.43. The van der Waals surface area contributed by atoms with Crippen molar-refractivity contribution in [3.8, 4) is 0 Å². The minimum atomic E-state index is 0.327. The van der Waals surface area contributed by atoms with Gasteiger partial charge in [-0.15, -0.1) is 5.10 Å². The lowest BCUT2D eigenvalue weighted by Crippen LogP contribution is -2.28. The second kappa shape index (κ2) is 4.05. The molecule has 0 atom stereocenters. The zero-order chi connectivity index (χ0) is 11.0. The van der Waals surface area contributed by atoms with Gasteiger partial charge >= 0.3 is 6.01 Å². The van der Waals surface area contributed by atoms with Gasteiger partial charge in [-0.05, 0) is 37.5 Å². The van der Waals surface area contributed by atoms with Crippen LogP contribution in [-0.4, -0.2) is 23.3 Å². The molecule has 1 heterocycles. The van der Waals surface area contributed by atoms with E-state index >= 15 is 0 Å². The fraction of sp³-hybridized carbons (Fsp3) is 0.818. The average molecular weight is 222 g/mol. The van der Waals surface area contributed by atoms with E-state index in [4.69, 9.17) is 10.2 Å². The summed E-state index contributed by atoms with van der Waals surface area (Å²) >= 11 is 0. The standard InChI is InChI=1S/C11H18N4O/c12-5-10-13-14-11(16-10)15(6-8-1-2-8)7-9-3-4-9/h8-9H,1-7,12H2. The highest BCUT2D eigenvalue weighted by Gasteiger charge is 2.31. The fourth-order valence-corrected chi connectivity index (χ4v) is 1.91. The third-order valence-corrected chi connectivity index (χ3v) is 3.25. The van der Waals surface area contributed by atoms with Crippen LogP contribution in [0.25, 0.3) is 0 Å². The number of nitrogens with two attached hydrogens (primary N) is 1. The van der Waals surface area contributed by atoms with Gasteiger partial charge in [-0.25, -0.2) is 0 Å². The van der Waals surface area contributed by atoms with Crippen LogP contribution in [0.4, 0.5) is 6.01 Å². The largest absolute Gasteiger partial charge is 0.407 e. The average Bonchev–Trinajstić information content (AvgIpc) is 3.21. The number of hydrogen-bond acceptors (Lipinski definition) is 5. The molecule has 5 heteroatoms. The van der Waals surface area contributed by atoms with Gasteiger partial charge < -0.3 is 15.1 Å². The van der Waals surface area contributed by atoms with Crippen molar-refractivity contribution < 1.29 is 4.42 Å². The molecule has 0 aromatic carbocycles. The van der Waals surface area contributed by atoms with E-state index in [0.29, 0.717) is 18.5 Å². The Bertz CT molecular complexity index is 343. The van der Waals surface area contributed by atoms with Crippen LogP contribution in [0, 0.1) is 11.8 Å². The molecule has 1 aromatic rings. The Morgan fingerprint density at radius 3 is 2.19 bits per heavy atom. The lowest BCUT2D eigenvalue weighted by molar-refractivity contribution is 0.476. The van der Waals surface area contributed by atoms with Gasteiger partial charge in [0.2, 0.25) is 5.89 Å². The molecule has 2 N–H and O–H groups in total. The van der Waals surface area contributed by atoms with Gasteiger partial charge in [0, 0.05) is 13.1 Å². The maximum atomic E-state index is 5.53. The maximum Gasteiger partial charge on any atom is 0.318 e. The summed E-state index contributed by atoms with van der Waals surface area (Å²) in [6.07, 6.45) is 5.39. The molecule has 0 unspecified atom stereocenters. The predicted molar refractivity (Wildman–Crippen MR) is 59.9 cm³/mol. The highest BCUT2D eigenvalue weighted by atomic mass is 16.4. The van der Waals surface area contributed by atoms with Crippen molar-refractivity contribution in [1.82, 2.24) is 10.2 Å². The predicted octanol–water partition coefficient (Wildman–Crippen LogP) is 1.15. The second-order valence-electron chi connectivity index (χ2n) is 4.97. The van der Waals surface area contributed by atoms with Crippen molar-refractivity contribution in [2.75, 3.05) is 18.0 Å². The molecule has 2 aliphatic rings. The maximum absolute atomic E-state index is 5.53. The van der Waals surface area contributed by atoms with Crippen LogP contribution in [-0.2, 0) is 6.54 Å². The third-order valence-electron chi connectivity index (χ3n) is 3.25. The molecule has 2 fully saturated rings. The van der Waals surface area contributed by atoms with Crippen LogP contribution in [0.15, 0.2) is 4.42 Å². The van der Waals surface area contributed by atoms with Crippen molar-refractivity contribution in [3.05, 3.63) is 5.89 Å². The zero-order valence-corrected chi connectivity index (χ0v) is 9.43. The summed E-state index contributed by atoms with van der Waals surface area (Å²) in [6.45, 7) is 2.47. The second-order valence-corrected chi connectivity index (χ2v) is 4.97. The van der Waals surface area contributed by atoms with E-state index < -0.39 is 0 Å². The molecule has 3 rings (SSSR count). The van der Waals surface area contributed by atoms with E-state index in [1.165, 1.54) is 25.7 Å². The summed E-state index contributed by atoms with van der Waals surface area (Å²) in [6, 6.07) is 0.666. The van der Waals surface area contributed by atoms with E-state index in [0.717, 1.165) is 24.9 Å². The lowest BCUT2D eigenvalue weighted by Gasteiger charge is -2.19. The summed E-state index contributed by atoms with van der Waals surface area (Å²) in [5.74, 6) is 2.21. The fourth-order valence-electron chi connectivity index (χ4n) is 1.91. The molecule has 0 bridgehead atoms. The van der Waals surface area contributed by atoms with Gasteiger partial charge in [-0.1, -0.05) is 5.10 Å². The Kier molecular flexibility index (Phi) is 2.55. The topological polar surface area (TPSA) is 68.2 Å². The molecular weight excluding hydrogens is 204 g/mol. The first kappa shape index (κ1) is 10.1. The van der Waals surface area contributed by atoms with E-state index in [1.807, 2.05) is 0 Å². The quantitative estimate of drug-likeness (QED) is 0.782. The Balaban J connectivity index is 1.68. The molecule has 5 nitrogen and oxygen atoms in total. The molecule has 0 saturated heterocycles. The highest BCUT2D eigenvalue weighted by Crippen LogP contribution is 2.35.